The molecule has 3 rings (SSSR count). The molecule has 0 radical (unpaired) electrons. The molecule has 1 aromatic heterocycles. The smallest absolute Gasteiger partial charge is 0.343 e. The van der Waals surface area contributed by atoms with Crippen LogP contribution in [0.4, 0.5) is 4.39 Å². The van der Waals surface area contributed by atoms with Gasteiger partial charge in [-0.15, -0.1) is 0 Å². The van der Waals surface area contributed by atoms with Crippen molar-refractivity contribution in [1.29, 1.82) is 0 Å². The summed E-state index contributed by atoms with van der Waals surface area (Å²) in [6, 6.07) is 10.1. The molecule has 0 aliphatic heterocycles. The van der Waals surface area contributed by atoms with Crippen LogP contribution in [0.1, 0.15) is 26.3 Å². The van der Waals surface area contributed by atoms with E-state index in [1.54, 1.807) is 18.2 Å². The Bertz CT molecular complexity index is 1050. The number of carbonyl (C=O) groups is 2. The van der Waals surface area contributed by atoms with E-state index in [1.807, 2.05) is 0 Å². The van der Waals surface area contributed by atoms with Gasteiger partial charge in [0.25, 0.3) is 5.91 Å². The third-order valence-electron chi connectivity index (χ3n) is 4.07. The zero-order valence-corrected chi connectivity index (χ0v) is 15.8. The van der Waals surface area contributed by atoms with Crippen molar-refractivity contribution >= 4 is 34.4 Å². The highest BCUT2D eigenvalue weighted by Gasteiger charge is 2.18. The van der Waals surface area contributed by atoms with E-state index < -0.39 is 11.8 Å². The molecule has 1 heterocycles. The van der Waals surface area contributed by atoms with E-state index in [0.29, 0.717) is 27.1 Å². The van der Waals surface area contributed by atoms with Crippen LogP contribution in [-0.4, -0.2) is 31.1 Å². The van der Waals surface area contributed by atoms with Crippen LogP contribution in [0.25, 0.3) is 10.9 Å². The van der Waals surface area contributed by atoms with Gasteiger partial charge in [-0.3, -0.25) is 4.79 Å². The van der Waals surface area contributed by atoms with Gasteiger partial charge in [0.15, 0.2) is 0 Å². The van der Waals surface area contributed by atoms with Gasteiger partial charge in [0.05, 0.1) is 19.7 Å². The number of pyridine rings is 1. The maximum atomic E-state index is 13.0. The monoisotopic (exact) mass is 402 g/mol. The summed E-state index contributed by atoms with van der Waals surface area (Å²) in [5, 5.41) is 3.76. The summed E-state index contributed by atoms with van der Waals surface area (Å²) < 4.78 is 23.0. The molecule has 144 valence electrons. The number of fused-ring (bicyclic) bond motifs is 1. The van der Waals surface area contributed by atoms with Crippen molar-refractivity contribution in [2.75, 3.05) is 14.2 Å². The molecule has 28 heavy (non-hydrogen) atoms. The second-order valence-electron chi connectivity index (χ2n) is 5.86. The van der Waals surface area contributed by atoms with E-state index in [2.05, 4.69) is 10.3 Å². The Balaban J connectivity index is 1.95. The first-order valence-corrected chi connectivity index (χ1v) is 8.60. The average molecular weight is 403 g/mol. The number of carbonyl (C=O) groups excluding carboxylic acids is 2. The summed E-state index contributed by atoms with van der Waals surface area (Å²) >= 11 is 6.18. The molecule has 0 spiro atoms. The van der Waals surface area contributed by atoms with Gasteiger partial charge in [-0.1, -0.05) is 11.6 Å². The Morgan fingerprint density at radius 1 is 1.14 bits per heavy atom. The number of benzene rings is 2. The van der Waals surface area contributed by atoms with Crippen molar-refractivity contribution in [3.05, 3.63) is 70.0 Å². The molecule has 0 saturated heterocycles. The molecule has 0 fully saturated rings. The van der Waals surface area contributed by atoms with E-state index in [9.17, 15) is 14.0 Å². The minimum atomic E-state index is -0.586. The van der Waals surface area contributed by atoms with Gasteiger partial charge >= 0.3 is 5.97 Å². The van der Waals surface area contributed by atoms with Gasteiger partial charge in [0.2, 0.25) is 5.88 Å². The normalized spacial score (nSPS) is 10.6. The Morgan fingerprint density at radius 3 is 2.50 bits per heavy atom. The summed E-state index contributed by atoms with van der Waals surface area (Å²) in [5.41, 5.74) is 1.65. The summed E-state index contributed by atoms with van der Waals surface area (Å²) in [6.45, 7) is 0.126. The zero-order valence-electron chi connectivity index (χ0n) is 15.1. The highest BCUT2D eigenvalue weighted by Crippen LogP contribution is 2.28. The van der Waals surface area contributed by atoms with Crippen LogP contribution in [0.3, 0.4) is 0 Å². The fourth-order valence-corrected chi connectivity index (χ4v) is 2.98. The first-order chi connectivity index (χ1) is 13.4. The summed E-state index contributed by atoms with van der Waals surface area (Å²) in [5.74, 6) is -1.27. The summed E-state index contributed by atoms with van der Waals surface area (Å²) in [7, 11) is 2.66. The Labute approximate surface area is 165 Å². The van der Waals surface area contributed by atoms with Gasteiger partial charge in [-0.2, -0.15) is 0 Å². The topological polar surface area (TPSA) is 77.5 Å². The predicted molar refractivity (Wildman–Crippen MR) is 102 cm³/mol. The quantitative estimate of drug-likeness (QED) is 0.657. The number of hydrogen-bond donors (Lipinski definition) is 1. The number of amides is 1. The van der Waals surface area contributed by atoms with E-state index in [1.165, 1.54) is 38.5 Å². The van der Waals surface area contributed by atoms with Crippen LogP contribution in [0.5, 0.6) is 5.88 Å². The lowest BCUT2D eigenvalue weighted by atomic mass is 10.1. The van der Waals surface area contributed by atoms with Crippen LogP contribution in [-0.2, 0) is 11.3 Å². The maximum absolute atomic E-state index is 13.0. The number of nitrogens with one attached hydrogen (secondary N) is 1. The van der Waals surface area contributed by atoms with E-state index >= 15 is 0 Å². The lowest BCUT2D eigenvalue weighted by molar-refractivity contribution is 0.0596. The third kappa shape index (κ3) is 4.04. The van der Waals surface area contributed by atoms with Crippen molar-refractivity contribution in [1.82, 2.24) is 10.3 Å². The molecular formula is C20H16ClFN2O4. The second-order valence-corrected chi connectivity index (χ2v) is 6.30. The van der Waals surface area contributed by atoms with Gasteiger partial charge in [0.1, 0.15) is 11.4 Å². The number of esters is 1. The van der Waals surface area contributed by atoms with Crippen molar-refractivity contribution in [2.45, 2.75) is 6.54 Å². The number of rotatable bonds is 5. The van der Waals surface area contributed by atoms with Crippen LogP contribution in [0.2, 0.25) is 5.02 Å². The molecule has 1 amide bonds. The Kier molecular flexibility index (Phi) is 5.75. The number of ether oxygens (including phenoxy) is 2. The second kappa shape index (κ2) is 8.22. The van der Waals surface area contributed by atoms with Gasteiger partial charge in [-0.05, 0) is 48.0 Å². The summed E-state index contributed by atoms with van der Waals surface area (Å²) in [6.07, 6.45) is 0. The number of nitrogens with zero attached hydrogens (tertiary/aromatic N) is 1. The molecule has 2 aromatic carbocycles. The molecular weight excluding hydrogens is 387 g/mol. The fourth-order valence-electron chi connectivity index (χ4n) is 2.73. The molecule has 0 saturated carbocycles. The van der Waals surface area contributed by atoms with E-state index in [4.69, 9.17) is 21.1 Å². The molecule has 1 N–H and O–H groups in total. The maximum Gasteiger partial charge on any atom is 0.343 e. The average Bonchev–Trinajstić information content (AvgIpc) is 2.70. The standard InChI is InChI=1S/C20H16ClFN2O4/c1-27-19-16(20(26)28-2)9-12-7-14(21)8-13(17(12)24-19)10-23-18(25)11-3-5-15(22)6-4-11/h3-9H,10H2,1-2H3,(H,23,25). The van der Waals surface area contributed by atoms with Gasteiger partial charge in [0, 0.05) is 22.5 Å². The largest absolute Gasteiger partial charge is 0.480 e. The van der Waals surface area contributed by atoms with Crippen molar-refractivity contribution in [2.24, 2.45) is 0 Å². The predicted octanol–water partition coefficient (Wildman–Crippen LogP) is 3.75. The van der Waals surface area contributed by atoms with Crippen molar-refractivity contribution in [3.63, 3.8) is 0 Å². The highest BCUT2D eigenvalue weighted by atomic mass is 35.5. The first-order valence-electron chi connectivity index (χ1n) is 8.22. The summed E-state index contributed by atoms with van der Waals surface area (Å²) in [4.78, 5) is 28.6. The van der Waals surface area contributed by atoms with E-state index in [-0.39, 0.29) is 23.9 Å². The minimum absolute atomic E-state index is 0.104. The SMILES string of the molecule is COC(=O)c1cc2cc(Cl)cc(CNC(=O)c3ccc(F)cc3)c2nc1OC. The Hall–Kier alpha value is -3.19. The third-order valence-corrected chi connectivity index (χ3v) is 4.29. The minimum Gasteiger partial charge on any atom is -0.480 e. The number of halogens is 2. The lowest BCUT2D eigenvalue weighted by Gasteiger charge is -2.12. The zero-order chi connectivity index (χ0) is 20.3. The molecule has 3 aromatic rings. The van der Waals surface area contributed by atoms with Crippen molar-refractivity contribution in [3.8, 4) is 5.88 Å². The van der Waals surface area contributed by atoms with Crippen molar-refractivity contribution < 1.29 is 23.5 Å². The Morgan fingerprint density at radius 2 is 1.86 bits per heavy atom. The molecule has 0 bridgehead atoms. The van der Waals surface area contributed by atoms with Crippen LogP contribution in [0.15, 0.2) is 42.5 Å². The van der Waals surface area contributed by atoms with Crippen LogP contribution >= 0.6 is 11.6 Å². The van der Waals surface area contributed by atoms with Gasteiger partial charge < -0.3 is 14.8 Å². The van der Waals surface area contributed by atoms with Crippen LogP contribution in [0, 0.1) is 5.82 Å². The molecule has 0 unspecified atom stereocenters. The van der Waals surface area contributed by atoms with Gasteiger partial charge in [-0.25, -0.2) is 14.2 Å². The fraction of sp³-hybridized carbons (Fsp3) is 0.150. The number of hydrogen-bond acceptors (Lipinski definition) is 5. The molecule has 0 aliphatic carbocycles. The highest BCUT2D eigenvalue weighted by molar-refractivity contribution is 6.31. The van der Waals surface area contributed by atoms with E-state index in [0.717, 1.165) is 0 Å². The number of aromatic nitrogens is 1. The number of methoxy groups -OCH3 is 2. The molecule has 0 aliphatic rings. The van der Waals surface area contributed by atoms with Crippen LogP contribution < -0.4 is 10.1 Å². The lowest BCUT2D eigenvalue weighted by Crippen LogP contribution is -2.23. The molecule has 8 heteroatoms. The molecule has 0 atom stereocenters. The molecule has 6 nitrogen and oxygen atoms in total. The first kappa shape index (κ1) is 19.6.